The number of carbonyl (C=O) groups is 1. The van der Waals surface area contributed by atoms with Gasteiger partial charge >= 0.3 is 0 Å². The highest BCUT2D eigenvalue weighted by Crippen LogP contribution is 2.20. The van der Waals surface area contributed by atoms with E-state index in [4.69, 9.17) is 4.74 Å². The van der Waals surface area contributed by atoms with Crippen LogP contribution in [0.4, 0.5) is 11.4 Å². The molecular weight excluding hydrogens is 352 g/mol. The number of carbonyl (C=O) groups excluding carboxylic acids is 1. The van der Waals surface area contributed by atoms with Gasteiger partial charge in [-0.25, -0.2) is 0 Å². The molecule has 6 nitrogen and oxygen atoms in total. The minimum atomic E-state index is -0.0584. The van der Waals surface area contributed by atoms with Crippen molar-refractivity contribution in [2.45, 2.75) is 13.3 Å². The minimum Gasteiger partial charge on any atom is -0.494 e. The van der Waals surface area contributed by atoms with Gasteiger partial charge in [0.2, 0.25) is 0 Å². The fraction of sp³-hybridized carbons (Fsp3) is 0.227. The van der Waals surface area contributed by atoms with Crippen LogP contribution in [0.3, 0.4) is 0 Å². The fourth-order valence-corrected chi connectivity index (χ4v) is 2.76. The van der Waals surface area contributed by atoms with Crippen LogP contribution in [-0.2, 0) is 6.42 Å². The molecule has 3 aromatic rings. The zero-order valence-electron chi connectivity index (χ0n) is 16.1. The molecule has 2 heterocycles. The van der Waals surface area contributed by atoms with E-state index in [1.165, 1.54) is 0 Å². The van der Waals surface area contributed by atoms with Crippen LogP contribution >= 0.6 is 0 Å². The second kappa shape index (κ2) is 9.50. The van der Waals surface area contributed by atoms with Gasteiger partial charge in [-0.15, -0.1) is 0 Å². The second-order valence-corrected chi connectivity index (χ2v) is 6.38. The van der Waals surface area contributed by atoms with Gasteiger partial charge in [-0.2, -0.15) is 0 Å². The number of aromatic nitrogens is 2. The molecule has 0 aliphatic heterocycles. The molecular formula is C22H24N4O2. The molecule has 1 aromatic carbocycles. The van der Waals surface area contributed by atoms with Crippen molar-refractivity contribution in [3.8, 4) is 5.75 Å². The summed E-state index contributed by atoms with van der Waals surface area (Å²) in [6.45, 7) is 3.21. The van der Waals surface area contributed by atoms with E-state index < -0.39 is 0 Å². The van der Waals surface area contributed by atoms with Gasteiger partial charge in [0.25, 0.3) is 5.91 Å². The van der Waals surface area contributed by atoms with E-state index in [1.54, 1.807) is 36.7 Å². The van der Waals surface area contributed by atoms with Crippen LogP contribution in [0.5, 0.6) is 5.75 Å². The monoisotopic (exact) mass is 376 g/mol. The Morgan fingerprint density at radius 2 is 1.79 bits per heavy atom. The summed E-state index contributed by atoms with van der Waals surface area (Å²) in [5.41, 5.74) is 3.37. The Bertz CT molecular complexity index is 898. The van der Waals surface area contributed by atoms with E-state index in [9.17, 15) is 4.79 Å². The highest BCUT2D eigenvalue weighted by Gasteiger charge is 2.13. The Balaban J connectivity index is 1.62. The maximum Gasteiger partial charge on any atom is 0.255 e. The Kier molecular flexibility index (Phi) is 6.57. The third-order valence-corrected chi connectivity index (χ3v) is 4.27. The van der Waals surface area contributed by atoms with E-state index in [1.807, 2.05) is 49.4 Å². The van der Waals surface area contributed by atoms with Crippen LogP contribution in [0.15, 0.2) is 67.3 Å². The molecule has 0 fully saturated rings. The summed E-state index contributed by atoms with van der Waals surface area (Å²) in [7, 11) is 1.80. The number of nitrogens with one attached hydrogen (secondary N) is 1. The van der Waals surface area contributed by atoms with Crippen LogP contribution < -0.4 is 10.1 Å². The van der Waals surface area contributed by atoms with Gasteiger partial charge < -0.3 is 15.0 Å². The predicted octanol–water partition coefficient (Wildman–Crippen LogP) is 3.93. The van der Waals surface area contributed by atoms with Gasteiger partial charge in [-0.05, 0) is 61.4 Å². The Morgan fingerprint density at radius 1 is 1.04 bits per heavy atom. The lowest BCUT2D eigenvalue weighted by molar-refractivity contribution is 0.0796. The standard InChI is InChI=1S/C22H24N4O2/c1-3-28-21-6-4-19(5-7-21)25-20-14-18(15-24-16-20)22(27)26(2)13-10-17-8-11-23-12-9-17/h4-9,11-12,14-16,25H,3,10,13H2,1-2H3. The SMILES string of the molecule is CCOc1ccc(Nc2cncc(C(=O)N(C)CCc3ccncc3)c2)cc1. The number of anilines is 2. The van der Waals surface area contributed by atoms with E-state index in [-0.39, 0.29) is 5.91 Å². The van der Waals surface area contributed by atoms with Crippen molar-refractivity contribution in [2.24, 2.45) is 0 Å². The molecule has 0 bridgehead atoms. The van der Waals surface area contributed by atoms with Crippen molar-refractivity contribution in [1.29, 1.82) is 0 Å². The Morgan fingerprint density at radius 3 is 2.50 bits per heavy atom. The average molecular weight is 376 g/mol. The van der Waals surface area contributed by atoms with Crippen LogP contribution in [0.2, 0.25) is 0 Å². The molecule has 0 saturated heterocycles. The lowest BCUT2D eigenvalue weighted by Gasteiger charge is -2.17. The van der Waals surface area contributed by atoms with Gasteiger partial charge in [0, 0.05) is 37.9 Å². The number of ether oxygens (including phenoxy) is 1. The first-order valence-corrected chi connectivity index (χ1v) is 9.25. The molecule has 1 N–H and O–H groups in total. The molecule has 2 aromatic heterocycles. The molecule has 144 valence electrons. The normalized spacial score (nSPS) is 10.4. The van der Waals surface area contributed by atoms with Gasteiger partial charge in [-0.1, -0.05) is 0 Å². The van der Waals surface area contributed by atoms with Gasteiger partial charge in [0.15, 0.2) is 0 Å². The summed E-state index contributed by atoms with van der Waals surface area (Å²) >= 11 is 0. The highest BCUT2D eigenvalue weighted by molar-refractivity contribution is 5.94. The second-order valence-electron chi connectivity index (χ2n) is 6.38. The summed E-state index contributed by atoms with van der Waals surface area (Å²) in [4.78, 5) is 22.6. The number of benzene rings is 1. The molecule has 0 aliphatic carbocycles. The van der Waals surface area contributed by atoms with Crippen LogP contribution in [0.25, 0.3) is 0 Å². The largest absolute Gasteiger partial charge is 0.494 e. The maximum atomic E-state index is 12.7. The molecule has 0 aliphatic rings. The van der Waals surface area contributed by atoms with E-state index in [0.717, 1.165) is 29.1 Å². The van der Waals surface area contributed by atoms with Gasteiger partial charge in [-0.3, -0.25) is 14.8 Å². The van der Waals surface area contributed by atoms with E-state index >= 15 is 0 Å². The smallest absolute Gasteiger partial charge is 0.255 e. The first-order valence-electron chi connectivity index (χ1n) is 9.25. The number of nitrogens with zero attached hydrogens (tertiary/aromatic N) is 3. The molecule has 28 heavy (non-hydrogen) atoms. The van der Waals surface area contributed by atoms with Crippen molar-refractivity contribution >= 4 is 17.3 Å². The Hall–Kier alpha value is -3.41. The summed E-state index contributed by atoms with van der Waals surface area (Å²) in [5, 5.41) is 3.27. The third kappa shape index (κ3) is 5.30. The topological polar surface area (TPSA) is 67.3 Å². The number of amides is 1. The molecule has 3 rings (SSSR count). The maximum absolute atomic E-state index is 12.7. The van der Waals surface area contributed by atoms with Gasteiger partial charge in [0.05, 0.1) is 24.1 Å². The van der Waals surface area contributed by atoms with Crippen LogP contribution in [0.1, 0.15) is 22.8 Å². The number of rotatable bonds is 8. The van der Waals surface area contributed by atoms with E-state index in [2.05, 4.69) is 15.3 Å². The number of hydrogen-bond donors (Lipinski definition) is 1. The zero-order chi connectivity index (χ0) is 19.8. The van der Waals surface area contributed by atoms with Crippen molar-refractivity contribution in [1.82, 2.24) is 14.9 Å². The highest BCUT2D eigenvalue weighted by atomic mass is 16.5. The van der Waals surface area contributed by atoms with Crippen LogP contribution in [-0.4, -0.2) is 41.0 Å². The summed E-state index contributed by atoms with van der Waals surface area (Å²) in [5.74, 6) is 0.767. The summed E-state index contributed by atoms with van der Waals surface area (Å²) < 4.78 is 5.45. The minimum absolute atomic E-state index is 0.0584. The lowest BCUT2D eigenvalue weighted by atomic mass is 10.2. The number of hydrogen-bond acceptors (Lipinski definition) is 5. The molecule has 0 atom stereocenters. The number of pyridine rings is 2. The molecule has 1 amide bonds. The molecule has 0 spiro atoms. The zero-order valence-corrected chi connectivity index (χ0v) is 16.1. The lowest BCUT2D eigenvalue weighted by Crippen LogP contribution is -2.29. The molecule has 0 radical (unpaired) electrons. The van der Waals surface area contributed by atoms with Crippen molar-refractivity contribution < 1.29 is 9.53 Å². The predicted molar refractivity (Wildman–Crippen MR) is 110 cm³/mol. The van der Waals surface area contributed by atoms with Crippen LogP contribution in [0, 0.1) is 0 Å². The van der Waals surface area contributed by atoms with Gasteiger partial charge in [0.1, 0.15) is 5.75 Å². The number of likely N-dealkylation sites (N-methyl/N-ethyl adjacent to an activating group) is 1. The fourth-order valence-electron chi connectivity index (χ4n) is 2.76. The molecule has 6 heteroatoms. The van der Waals surface area contributed by atoms with Crippen molar-refractivity contribution in [3.05, 3.63) is 78.4 Å². The molecule has 0 saturated carbocycles. The summed E-state index contributed by atoms with van der Waals surface area (Å²) in [6.07, 6.45) is 7.59. The van der Waals surface area contributed by atoms with E-state index in [0.29, 0.717) is 18.7 Å². The first-order chi connectivity index (χ1) is 13.7. The van der Waals surface area contributed by atoms with Crippen molar-refractivity contribution in [2.75, 3.05) is 25.5 Å². The molecule has 0 unspecified atom stereocenters. The third-order valence-electron chi connectivity index (χ3n) is 4.27. The average Bonchev–Trinajstić information content (AvgIpc) is 2.74. The first kappa shape index (κ1) is 19.4. The quantitative estimate of drug-likeness (QED) is 0.645. The Labute approximate surface area is 165 Å². The van der Waals surface area contributed by atoms with Crippen molar-refractivity contribution in [3.63, 3.8) is 0 Å². The summed E-state index contributed by atoms with van der Waals surface area (Å²) in [6, 6.07) is 13.4.